The molecule has 1 saturated heterocycles. The van der Waals surface area contributed by atoms with Gasteiger partial charge in [-0.1, -0.05) is 18.2 Å². The zero-order valence-corrected chi connectivity index (χ0v) is 14.5. The summed E-state index contributed by atoms with van der Waals surface area (Å²) in [4.78, 5) is 24.2. The lowest BCUT2D eigenvalue weighted by Crippen LogP contribution is -2.23. The fraction of sp³-hybridized carbons (Fsp3) is 0.250. The Labute approximate surface area is 150 Å². The van der Waals surface area contributed by atoms with Crippen LogP contribution in [0.25, 0.3) is 11.0 Å². The molecular formula is C20H19FN4O. The second-order valence-corrected chi connectivity index (χ2v) is 6.49. The largest absolute Gasteiger partial charge is 0.354 e. The van der Waals surface area contributed by atoms with E-state index in [1.165, 1.54) is 12.1 Å². The lowest BCUT2D eigenvalue weighted by molar-refractivity contribution is 0.102. The summed E-state index contributed by atoms with van der Waals surface area (Å²) in [5.41, 5.74) is 2.50. The van der Waals surface area contributed by atoms with Crippen molar-refractivity contribution >= 4 is 28.6 Å². The summed E-state index contributed by atoms with van der Waals surface area (Å²) in [6.07, 6.45) is 2.18. The number of fused-ring (bicyclic) bond motifs is 1. The molecule has 2 aromatic carbocycles. The van der Waals surface area contributed by atoms with E-state index in [4.69, 9.17) is 4.98 Å². The highest BCUT2D eigenvalue weighted by Crippen LogP contribution is 2.28. The smallest absolute Gasteiger partial charge is 0.257 e. The highest BCUT2D eigenvalue weighted by Gasteiger charge is 2.21. The van der Waals surface area contributed by atoms with Crippen LogP contribution >= 0.6 is 0 Å². The van der Waals surface area contributed by atoms with Crippen molar-refractivity contribution in [1.82, 2.24) is 9.97 Å². The molecule has 0 unspecified atom stereocenters. The second-order valence-electron chi connectivity index (χ2n) is 6.49. The predicted octanol–water partition coefficient (Wildman–Crippen LogP) is 3.93. The lowest BCUT2D eigenvalue weighted by atomic mass is 10.1. The van der Waals surface area contributed by atoms with Gasteiger partial charge in [0, 0.05) is 18.7 Å². The highest BCUT2D eigenvalue weighted by atomic mass is 19.1. The molecule has 0 radical (unpaired) electrons. The topological polar surface area (TPSA) is 58.1 Å². The summed E-state index contributed by atoms with van der Waals surface area (Å²) < 4.78 is 13.6. The highest BCUT2D eigenvalue weighted by molar-refractivity contribution is 6.06. The third kappa shape index (κ3) is 3.10. The first-order valence-electron chi connectivity index (χ1n) is 8.71. The molecule has 0 saturated carbocycles. The normalized spacial score (nSPS) is 14.0. The SMILES string of the molecule is Cc1ccc(F)cc1C(=O)Nc1nc2ccccc2nc1N1CCCC1. The van der Waals surface area contributed by atoms with Crippen LogP contribution in [0.3, 0.4) is 0 Å². The van der Waals surface area contributed by atoms with Crippen LogP contribution in [0.2, 0.25) is 0 Å². The molecule has 132 valence electrons. The zero-order chi connectivity index (χ0) is 18.1. The Morgan fingerprint density at radius 3 is 2.50 bits per heavy atom. The van der Waals surface area contributed by atoms with Gasteiger partial charge in [-0.2, -0.15) is 0 Å². The number of hydrogen-bond acceptors (Lipinski definition) is 4. The molecule has 1 amide bonds. The van der Waals surface area contributed by atoms with E-state index in [2.05, 4.69) is 15.2 Å². The summed E-state index contributed by atoms with van der Waals surface area (Å²) in [6, 6.07) is 11.8. The van der Waals surface area contributed by atoms with E-state index in [1.54, 1.807) is 13.0 Å². The van der Waals surface area contributed by atoms with Crippen LogP contribution in [-0.4, -0.2) is 29.0 Å². The average Bonchev–Trinajstić information content (AvgIpc) is 3.17. The maximum atomic E-state index is 13.6. The quantitative estimate of drug-likeness (QED) is 0.778. The van der Waals surface area contributed by atoms with Crippen molar-refractivity contribution in [3.8, 4) is 0 Å². The number of amides is 1. The number of aryl methyl sites for hydroxylation is 1. The van der Waals surface area contributed by atoms with Crippen molar-refractivity contribution in [3.63, 3.8) is 0 Å². The van der Waals surface area contributed by atoms with Crippen molar-refractivity contribution in [2.45, 2.75) is 19.8 Å². The van der Waals surface area contributed by atoms with Crippen LogP contribution in [0.5, 0.6) is 0 Å². The molecular weight excluding hydrogens is 331 g/mol. The Balaban J connectivity index is 1.75. The Morgan fingerprint density at radius 1 is 1.08 bits per heavy atom. The molecule has 1 aromatic heterocycles. The third-order valence-electron chi connectivity index (χ3n) is 4.63. The Morgan fingerprint density at radius 2 is 1.77 bits per heavy atom. The average molecular weight is 350 g/mol. The Kier molecular flexibility index (Phi) is 4.24. The van der Waals surface area contributed by atoms with Crippen molar-refractivity contribution in [1.29, 1.82) is 0 Å². The molecule has 3 aromatic rings. The van der Waals surface area contributed by atoms with Crippen molar-refractivity contribution in [2.24, 2.45) is 0 Å². The van der Waals surface area contributed by atoms with E-state index in [0.717, 1.165) is 31.4 Å². The molecule has 2 heterocycles. The molecule has 4 rings (SSSR count). The number of carbonyl (C=O) groups excluding carboxylic acids is 1. The first-order chi connectivity index (χ1) is 12.6. The summed E-state index contributed by atoms with van der Waals surface area (Å²) in [5.74, 6) is 0.264. The number of rotatable bonds is 3. The third-order valence-corrected chi connectivity index (χ3v) is 4.63. The van der Waals surface area contributed by atoms with Gasteiger partial charge in [0.1, 0.15) is 5.82 Å². The van der Waals surface area contributed by atoms with Gasteiger partial charge in [-0.3, -0.25) is 4.79 Å². The van der Waals surface area contributed by atoms with Gasteiger partial charge < -0.3 is 10.2 Å². The number of hydrogen-bond donors (Lipinski definition) is 1. The second kappa shape index (κ2) is 6.71. The van der Waals surface area contributed by atoms with E-state index in [1.807, 2.05) is 24.3 Å². The lowest BCUT2D eigenvalue weighted by Gasteiger charge is -2.20. The zero-order valence-electron chi connectivity index (χ0n) is 14.5. The Hall–Kier alpha value is -3.02. The van der Waals surface area contributed by atoms with Crippen LogP contribution in [-0.2, 0) is 0 Å². The summed E-state index contributed by atoms with van der Waals surface area (Å²) in [5, 5.41) is 2.84. The minimum atomic E-state index is -0.440. The minimum Gasteiger partial charge on any atom is -0.354 e. The summed E-state index contributed by atoms with van der Waals surface area (Å²) in [6.45, 7) is 3.55. The molecule has 6 heteroatoms. The molecule has 0 atom stereocenters. The number of carbonyl (C=O) groups is 1. The number of halogens is 1. The fourth-order valence-corrected chi connectivity index (χ4v) is 3.24. The van der Waals surface area contributed by atoms with Crippen LogP contribution in [0.1, 0.15) is 28.8 Å². The number of anilines is 2. The molecule has 0 aliphatic carbocycles. The van der Waals surface area contributed by atoms with E-state index in [-0.39, 0.29) is 5.91 Å². The molecule has 0 spiro atoms. The van der Waals surface area contributed by atoms with Crippen LogP contribution in [0.15, 0.2) is 42.5 Å². The number of para-hydroxylation sites is 2. The van der Waals surface area contributed by atoms with Crippen molar-refractivity contribution in [2.75, 3.05) is 23.3 Å². The number of aromatic nitrogens is 2. The van der Waals surface area contributed by atoms with Crippen molar-refractivity contribution < 1.29 is 9.18 Å². The first-order valence-corrected chi connectivity index (χ1v) is 8.71. The van der Waals surface area contributed by atoms with Crippen LogP contribution in [0.4, 0.5) is 16.0 Å². The summed E-state index contributed by atoms with van der Waals surface area (Å²) in [7, 11) is 0. The van der Waals surface area contributed by atoms with Gasteiger partial charge in [0.15, 0.2) is 11.6 Å². The molecule has 1 aliphatic heterocycles. The summed E-state index contributed by atoms with van der Waals surface area (Å²) >= 11 is 0. The number of nitrogens with one attached hydrogen (secondary N) is 1. The maximum Gasteiger partial charge on any atom is 0.257 e. The van der Waals surface area contributed by atoms with E-state index >= 15 is 0 Å². The molecule has 1 N–H and O–H groups in total. The van der Waals surface area contributed by atoms with Gasteiger partial charge >= 0.3 is 0 Å². The van der Waals surface area contributed by atoms with Crippen LogP contribution < -0.4 is 10.2 Å². The maximum absolute atomic E-state index is 13.6. The van der Waals surface area contributed by atoms with Gasteiger partial charge in [0.25, 0.3) is 5.91 Å². The monoisotopic (exact) mass is 350 g/mol. The molecule has 5 nitrogen and oxygen atoms in total. The van der Waals surface area contributed by atoms with E-state index in [9.17, 15) is 9.18 Å². The van der Waals surface area contributed by atoms with Crippen molar-refractivity contribution in [3.05, 3.63) is 59.4 Å². The predicted molar refractivity (Wildman–Crippen MR) is 100 cm³/mol. The van der Waals surface area contributed by atoms with E-state index < -0.39 is 5.82 Å². The van der Waals surface area contributed by atoms with Gasteiger partial charge in [-0.05, 0) is 49.6 Å². The van der Waals surface area contributed by atoms with Gasteiger partial charge in [0.2, 0.25) is 0 Å². The van der Waals surface area contributed by atoms with Gasteiger partial charge in [-0.15, -0.1) is 0 Å². The van der Waals surface area contributed by atoms with Gasteiger partial charge in [-0.25, -0.2) is 14.4 Å². The Bertz CT molecular complexity index is 983. The first kappa shape index (κ1) is 16.4. The molecule has 1 aliphatic rings. The number of benzene rings is 2. The molecule has 1 fully saturated rings. The standard InChI is InChI=1S/C20H19FN4O/c1-13-8-9-14(21)12-15(13)20(26)24-18-19(25-10-4-5-11-25)23-17-7-3-2-6-16(17)22-18/h2-3,6-9,12H,4-5,10-11H2,1H3,(H,22,24,26). The van der Waals surface area contributed by atoms with E-state index in [0.29, 0.717) is 28.3 Å². The number of nitrogens with zero attached hydrogens (tertiary/aromatic N) is 3. The fourth-order valence-electron chi connectivity index (χ4n) is 3.24. The van der Waals surface area contributed by atoms with Gasteiger partial charge in [0.05, 0.1) is 11.0 Å². The minimum absolute atomic E-state index is 0.298. The molecule has 0 bridgehead atoms. The molecule has 26 heavy (non-hydrogen) atoms. The van der Waals surface area contributed by atoms with Crippen LogP contribution in [0, 0.1) is 12.7 Å².